The Morgan fingerprint density at radius 3 is 2.56 bits per heavy atom. The topological polar surface area (TPSA) is 68.6 Å². The lowest BCUT2D eigenvalue weighted by molar-refractivity contribution is 0.375. The van der Waals surface area contributed by atoms with Crippen LogP contribution >= 0.6 is 0 Å². The Balaban J connectivity index is 1.78. The average Bonchev–Trinajstić information content (AvgIpc) is 2.63. The molecule has 25 heavy (non-hydrogen) atoms. The van der Waals surface area contributed by atoms with Gasteiger partial charge in [-0.3, -0.25) is 5.43 Å². The number of hydrogen-bond donors (Lipinski definition) is 1. The number of methoxy groups -OCH3 is 1. The summed E-state index contributed by atoms with van der Waals surface area (Å²) in [5.41, 5.74) is 5.44. The molecular weight excluding hydrogens is 316 g/mol. The number of hydrazone groups is 1. The predicted molar refractivity (Wildman–Crippen MR) is 97.5 cm³/mol. The van der Waals surface area contributed by atoms with Crippen LogP contribution in [0.25, 0.3) is 0 Å². The summed E-state index contributed by atoms with van der Waals surface area (Å²) in [5, 5.41) is 4.24. The van der Waals surface area contributed by atoms with Crippen LogP contribution in [0.2, 0.25) is 0 Å². The van der Waals surface area contributed by atoms with Crippen molar-refractivity contribution in [2.45, 2.75) is 6.92 Å². The SMILES string of the molecule is COc1cc(C)nc(Oc2ccccc2/C=N/Nc2ccccc2)n1. The first-order valence-corrected chi connectivity index (χ1v) is 7.75. The van der Waals surface area contributed by atoms with Crippen molar-refractivity contribution >= 4 is 11.9 Å². The molecular formula is C19H18N4O2. The fraction of sp³-hybridized carbons (Fsp3) is 0.105. The number of aryl methyl sites for hydroxylation is 1. The van der Waals surface area contributed by atoms with Gasteiger partial charge >= 0.3 is 6.01 Å². The molecule has 3 rings (SSSR count). The minimum absolute atomic E-state index is 0.230. The van der Waals surface area contributed by atoms with Gasteiger partial charge in [-0.2, -0.15) is 15.1 Å². The van der Waals surface area contributed by atoms with E-state index < -0.39 is 0 Å². The third kappa shape index (κ3) is 4.54. The Labute approximate surface area is 146 Å². The second-order valence-corrected chi connectivity index (χ2v) is 5.21. The van der Waals surface area contributed by atoms with Crippen LogP contribution in [0.5, 0.6) is 17.6 Å². The van der Waals surface area contributed by atoms with Gasteiger partial charge in [0.05, 0.1) is 19.0 Å². The Bertz CT molecular complexity index is 866. The van der Waals surface area contributed by atoms with Crippen LogP contribution in [0.4, 0.5) is 5.69 Å². The van der Waals surface area contributed by atoms with Crippen molar-refractivity contribution < 1.29 is 9.47 Å². The molecule has 0 spiro atoms. The second-order valence-electron chi connectivity index (χ2n) is 5.21. The monoisotopic (exact) mass is 334 g/mol. The molecule has 0 fully saturated rings. The van der Waals surface area contributed by atoms with E-state index in [2.05, 4.69) is 20.5 Å². The molecule has 126 valence electrons. The summed E-state index contributed by atoms with van der Waals surface area (Å²) >= 11 is 0. The van der Waals surface area contributed by atoms with Gasteiger partial charge in [0.2, 0.25) is 5.88 Å². The second kappa shape index (κ2) is 7.92. The first-order valence-electron chi connectivity index (χ1n) is 7.75. The van der Waals surface area contributed by atoms with E-state index in [1.165, 1.54) is 0 Å². The lowest BCUT2D eigenvalue weighted by Crippen LogP contribution is -1.99. The van der Waals surface area contributed by atoms with Crippen LogP contribution in [0.1, 0.15) is 11.3 Å². The molecule has 1 N–H and O–H groups in total. The lowest BCUT2D eigenvalue weighted by atomic mass is 10.2. The number of rotatable bonds is 6. The molecule has 6 nitrogen and oxygen atoms in total. The van der Waals surface area contributed by atoms with E-state index >= 15 is 0 Å². The fourth-order valence-electron chi connectivity index (χ4n) is 2.13. The normalized spacial score (nSPS) is 10.6. The Hall–Kier alpha value is -3.41. The van der Waals surface area contributed by atoms with E-state index in [0.717, 1.165) is 16.9 Å². The van der Waals surface area contributed by atoms with Crippen molar-refractivity contribution in [3.63, 3.8) is 0 Å². The molecule has 0 aliphatic carbocycles. The molecule has 3 aromatic rings. The van der Waals surface area contributed by atoms with Gasteiger partial charge in [-0.1, -0.05) is 30.3 Å². The number of nitrogens with one attached hydrogen (secondary N) is 1. The maximum atomic E-state index is 5.81. The van der Waals surface area contributed by atoms with Gasteiger partial charge in [0.15, 0.2) is 0 Å². The maximum absolute atomic E-state index is 5.81. The highest BCUT2D eigenvalue weighted by Gasteiger charge is 2.07. The van der Waals surface area contributed by atoms with Crippen molar-refractivity contribution in [2.75, 3.05) is 12.5 Å². The van der Waals surface area contributed by atoms with Gasteiger partial charge in [-0.25, -0.2) is 0 Å². The quantitative estimate of drug-likeness (QED) is 0.544. The van der Waals surface area contributed by atoms with Crippen molar-refractivity contribution in [3.05, 3.63) is 71.9 Å². The number of aromatic nitrogens is 2. The van der Waals surface area contributed by atoms with E-state index in [-0.39, 0.29) is 6.01 Å². The Morgan fingerprint density at radius 2 is 1.76 bits per heavy atom. The summed E-state index contributed by atoms with van der Waals surface area (Å²) in [6.45, 7) is 1.86. The molecule has 0 saturated carbocycles. The van der Waals surface area contributed by atoms with Gasteiger partial charge < -0.3 is 9.47 Å². The zero-order chi connectivity index (χ0) is 17.5. The molecule has 0 atom stereocenters. The largest absolute Gasteiger partial charge is 0.481 e. The van der Waals surface area contributed by atoms with E-state index in [9.17, 15) is 0 Å². The van der Waals surface area contributed by atoms with Crippen molar-refractivity contribution in [2.24, 2.45) is 5.10 Å². The van der Waals surface area contributed by atoms with E-state index in [1.807, 2.05) is 61.5 Å². The molecule has 1 aromatic heterocycles. The zero-order valence-electron chi connectivity index (χ0n) is 14.0. The third-order valence-electron chi connectivity index (χ3n) is 3.31. The average molecular weight is 334 g/mol. The number of nitrogens with zero attached hydrogens (tertiary/aromatic N) is 3. The van der Waals surface area contributed by atoms with Gasteiger partial charge in [0.1, 0.15) is 5.75 Å². The molecule has 0 radical (unpaired) electrons. The molecule has 0 aliphatic heterocycles. The molecule has 0 aliphatic rings. The van der Waals surface area contributed by atoms with Crippen molar-refractivity contribution in [1.82, 2.24) is 9.97 Å². The minimum atomic E-state index is 0.230. The summed E-state index contributed by atoms with van der Waals surface area (Å²) in [7, 11) is 1.56. The van der Waals surface area contributed by atoms with Crippen LogP contribution in [0, 0.1) is 6.92 Å². The minimum Gasteiger partial charge on any atom is -0.481 e. The van der Waals surface area contributed by atoms with Crippen LogP contribution < -0.4 is 14.9 Å². The van der Waals surface area contributed by atoms with E-state index in [4.69, 9.17) is 9.47 Å². The molecule has 6 heteroatoms. The van der Waals surface area contributed by atoms with Gasteiger partial charge in [0.25, 0.3) is 0 Å². The van der Waals surface area contributed by atoms with Gasteiger partial charge in [0, 0.05) is 17.3 Å². The van der Waals surface area contributed by atoms with Crippen LogP contribution in [0.3, 0.4) is 0 Å². The summed E-state index contributed by atoms with van der Waals surface area (Å²) < 4.78 is 11.0. The Morgan fingerprint density at radius 1 is 1.00 bits per heavy atom. The highest BCUT2D eigenvalue weighted by molar-refractivity contribution is 5.84. The summed E-state index contributed by atoms with van der Waals surface area (Å²) in [6.07, 6.45) is 1.69. The first-order chi connectivity index (χ1) is 12.2. The first kappa shape index (κ1) is 16.4. The summed E-state index contributed by atoms with van der Waals surface area (Å²) in [6, 6.07) is 19.2. The number of para-hydroxylation sites is 2. The molecule has 0 saturated heterocycles. The van der Waals surface area contributed by atoms with Crippen molar-refractivity contribution in [1.29, 1.82) is 0 Å². The number of ether oxygens (including phenoxy) is 2. The molecule has 0 amide bonds. The fourth-order valence-corrected chi connectivity index (χ4v) is 2.13. The molecule has 0 bridgehead atoms. The molecule has 1 heterocycles. The lowest BCUT2D eigenvalue weighted by Gasteiger charge is -2.08. The Kier molecular flexibility index (Phi) is 5.21. The highest BCUT2D eigenvalue weighted by atomic mass is 16.5. The molecule has 2 aromatic carbocycles. The van der Waals surface area contributed by atoms with Crippen LogP contribution in [0.15, 0.2) is 65.8 Å². The number of anilines is 1. The number of benzene rings is 2. The summed E-state index contributed by atoms with van der Waals surface area (Å²) in [4.78, 5) is 8.47. The van der Waals surface area contributed by atoms with E-state index in [1.54, 1.807) is 19.4 Å². The molecule has 0 unspecified atom stereocenters. The van der Waals surface area contributed by atoms with E-state index in [0.29, 0.717) is 11.6 Å². The zero-order valence-corrected chi connectivity index (χ0v) is 14.0. The standard InChI is InChI=1S/C19H18N4O2/c1-14-12-18(24-2)22-19(21-14)25-17-11-7-6-8-15(17)13-20-23-16-9-4-3-5-10-16/h3-13,23H,1-2H3/b20-13+. The van der Waals surface area contributed by atoms with Crippen molar-refractivity contribution in [3.8, 4) is 17.6 Å². The highest BCUT2D eigenvalue weighted by Crippen LogP contribution is 2.23. The van der Waals surface area contributed by atoms with Crippen LogP contribution in [-0.4, -0.2) is 23.3 Å². The van der Waals surface area contributed by atoms with Gasteiger partial charge in [-0.15, -0.1) is 0 Å². The smallest absolute Gasteiger partial charge is 0.325 e. The van der Waals surface area contributed by atoms with Gasteiger partial charge in [-0.05, 0) is 31.2 Å². The van der Waals surface area contributed by atoms with Crippen LogP contribution in [-0.2, 0) is 0 Å². The summed E-state index contributed by atoms with van der Waals surface area (Å²) in [5.74, 6) is 1.06. The predicted octanol–water partition coefficient (Wildman–Crippen LogP) is 4.03. The third-order valence-corrected chi connectivity index (χ3v) is 3.31. The maximum Gasteiger partial charge on any atom is 0.325 e. The number of hydrogen-bond acceptors (Lipinski definition) is 6.